The van der Waals surface area contributed by atoms with Crippen molar-refractivity contribution in [3.8, 4) is 11.5 Å². The maximum atomic E-state index is 6.25. The number of anilines is 1. The van der Waals surface area contributed by atoms with E-state index in [1.54, 1.807) is 0 Å². The Bertz CT molecular complexity index is 601. The molecule has 0 spiro atoms. The van der Waals surface area contributed by atoms with Gasteiger partial charge in [-0.05, 0) is 29.8 Å². The largest absolute Gasteiger partial charge is 0.486 e. The lowest BCUT2D eigenvalue weighted by Gasteiger charge is -2.23. The van der Waals surface area contributed by atoms with Crippen LogP contribution in [0.25, 0.3) is 0 Å². The van der Waals surface area contributed by atoms with Gasteiger partial charge in [0.2, 0.25) is 0 Å². The molecule has 0 bridgehead atoms. The number of fused-ring (bicyclic) bond motifs is 1. The van der Waals surface area contributed by atoms with Crippen molar-refractivity contribution in [1.82, 2.24) is 0 Å². The van der Waals surface area contributed by atoms with Gasteiger partial charge in [0.15, 0.2) is 11.5 Å². The van der Waals surface area contributed by atoms with Gasteiger partial charge in [-0.2, -0.15) is 0 Å². The van der Waals surface area contributed by atoms with Gasteiger partial charge in [-0.15, -0.1) is 0 Å². The van der Waals surface area contributed by atoms with E-state index in [4.69, 9.17) is 21.1 Å². The summed E-state index contributed by atoms with van der Waals surface area (Å²) < 4.78 is 11.1. The summed E-state index contributed by atoms with van der Waals surface area (Å²) in [6.07, 6.45) is 0. The minimum absolute atomic E-state index is 0.552. The number of halogens is 1. The van der Waals surface area contributed by atoms with Crippen LogP contribution in [0.1, 0.15) is 5.56 Å². The van der Waals surface area contributed by atoms with Crippen molar-refractivity contribution in [1.29, 1.82) is 0 Å². The molecule has 0 saturated carbocycles. The summed E-state index contributed by atoms with van der Waals surface area (Å²) in [5.41, 5.74) is 2.27. The van der Waals surface area contributed by atoms with E-state index in [9.17, 15) is 0 Å². The minimum Gasteiger partial charge on any atom is -0.486 e. The molecule has 104 valence electrons. The van der Waals surface area contributed by atoms with Gasteiger partial charge in [0.25, 0.3) is 0 Å². The molecule has 0 aliphatic carbocycles. The number of nitrogens with zero attached hydrogens (tertiary/aromatic N) is 1. The van der Waals surface area contributed by atoms with E-state index in [0.29, 0.717) is 24.0 Å². The van der Waals surface area contributed by atoms with Crippen LogP contribution in [-0.4, -0.2) is 20.3 Å². The summed E-state index contributed by atoms with van der Waals surface area (Å²) in [5, 5.41) is 0.610. The SMILES string of the molecule is CN(Cc1cc(Cl)c2c(c1)OCCO2)c1ccccc1. The molecule has 1 heterocycles. The number of hydrogen-bond acceptors (Lipinski definition) is 3. The van der Waals surface area contributed by atoms with Crippen LogP contribution in [0, 0.1) is 0 Å². The molecular formula is C16H16ClNO2. The Morgan fingerprint density at radius 2 is 1.85 bits per heavy atom. The summed E-state index contributed by atoms with van der Waals surface area (Å²) in [6, 6.07) is 14.2. The van der Waals surface area contributed by atoms with Crippen LogP contribution in [0.15, 0.2) is 42.5 Å². The quantitative estimate of drug-likeness (QED) is 0.859. The van der Waals surface area contributed by atoms with Crippen molar-refractivity contribution in [3.05, 3.63) is 53.1 Å². The Morgan fingerprint density at radius 3 is 2.65 bits per heavy atom. The Labute approximate surface area is 123 Å². The molecule has 0 amide bonds. The summed E-state index contributed by atoms with van der Waals surface area (Å²) >= 11 is 6.25. The lowest BCUT2D eigenvalue weighted by atomic mass is 10.1. The second-order valence-corrected chi connectivity index (χ2v) is 5.20. The first-order chi connectivity index (χ1) is 9.74. The van der Waals surface area contributed by atoms with Gasteiger partial charge < -0.3 is 14.4 Å². The second kappa shape index (κ2) is 5.63. The van der Waals surface area contributed by atoms with E-state index in [1.807, 2.05) is 30.3 Å². The molecule has 0 radical (unpaired) electrons. The lowest BCUT2D eigenvalue weighted by molar-refractivity contribution is 0.171. The van der Waals surface area contributed by atoms with Crippen LogP contribution in [-0.2, 0) is 6.54 Å². The number of benzene rings is 2. The molecule has 1 aliphatic rings. The summed E-state index contributed by atoms with van der Waals surface area (Å²) in [5.74, 6) is 1.39. The van der Waals surface area contributed by atoms with Gasteiger partial charge in [-0.1, -0.05) is 29.8 Å². The van der Waals surface area contributed by atoms with Gasteiger partial charge in [0.1, 0.15) is 13.2 Å². The third kappa shape index (κ3) is 2.68. The smallest absolute Gasteiger partial charge is 0.179 e. The fourth-order valence-corrected chi connectivity index (χ4v) is 2.59. The Kier molecular flexibility index (Phi) is 3.70. The van der Waals surface area contributed by atoms with Crippen molar-refractivity contribution < 1.29 is 9.47 Å². The average Bonchev–Trinajstić information content (AvgIpc) is 2.48. The van der Waals surface area contributed by atoms with Crippen LogP contribution in [0.5, 0.6) is 11.5 Å². The molecule has 0 N–H and O–H groups in total. The highest BCUT2D eigenvalue weighted by Gasteiger charge is 2.17. The van der Waals surface area contributed by atoms with Crippen molar-refractivity contribution >= 4 is 17.3 Å². The average molecular weight is 290 g/mol. The van der Waals surface area contributed by atoms with E-state index < -0.39 is 0 Å². The predicted molar refractivity (Wildman–Crippen MR) is 81.0 cm³/mol. The topological polar surface area (TPSA) is 21.7 Å². The first kappa shape index (κ1) is 13.1. The molecule has 1 aliphatic heterocycles. The zero-order valence-electron chi connectivity index (χ0n) is 11.3. The highest BCUT2D eigenvalue weighted by atomic mass is 35.5. The van der Waals surface area contributed by atoms with Crippen LogP contribution >= 0.6 is 11.6 Å². The van der Waals surface area contributed by atoms with Crippen LogP contribution < -0.4 is 14.4 Å². The normalized spacial score (nSPS) is 13.1. The molecule has 20 heavy (non-hydrogen) atoms. The zero-order valence-corrected chi connectivity index (χ0v) is 12.1. The monoisotopic (exact) mass is 289 g/mol. The molecule has 2 aromatic carbocycles. The van der Waals surface area contributed by atoms with Gasteiger partial charge in [0.05, 0.1) is 5.02 Å². The second-order valence-electron chi connectivity index (χ2n) is 4.79. The van der Waals surface area contributed by atoms with E-state index in [-0.39, 0.29) is 0 Å². The van der Waals surface area contributed by atoms with Gasteiger partial charge >= 0.3 is 0 Å². The van der Waals surface area contributed by atoms with Gasteiger partial charge in [-0.3, -0.25) is 0 Å². The lowest BCUT2D eigenvalue weighted by Crippen LogP contribution is -2.18. The number of para-hydroxylation sites is 1. The molecule has 0 saturated heterocycles. The van der Waals surface area contributed by atoms with E-state index in [0.717, 1.165) is 17.9 Å². The maximum Gasteiger partial charge on any atom is 0.179 e. The molecule has 3 nitrogen and oxygen atoms in total. The summed E-state index contributed by atoms with van der Waals surface area (Å²) in [6.45, 7) is 1.89. The fraction of sp³-hybridized carbons (Fsp3) is 0.250. The van der Waals surface area contributed by atoms with Crippen LogP contribution in [0.4, 0.5) is 5.69 Å². The maximum absolute atomic E-state index is 6.25. The molecule has 0 aromatic heterocycles. The molecule has 4 heteroatoms. The molecule has 3 rings (SSSR count). The van der Waals surface area contributed by atoms with Crippen molar-refractivity contribution in [2.75, 3.05) is 25.2 Å². The van der Waals surface area contributed by atoms with Crippen LogP contribution in [0.2, 0.25) is 5.02 Å². The number of hydrogen-bond donors (Lipinski definition) is 0. The Balaban J connectivity index is 1.83. The van der Waals surface area contributed by atoms with E-state index >= 15 is 0 Å². The zero-order chi connectivity index (χ0) is 13.9. The third-order valence-electron chi connectivity index (χ3n) is 3.27. The standard InChI is InChI=1S/C16H16ClNO2/c1-18(13-5-3-2-4-6-13)11-12-9-14(17)16-15(10-12)19-7-8-20-16/h2-6,9-10H,7-8,11H2,1H3. The van der Waals surface area contributed by atoms with Gasteiger partial charge in [-0.25, -0.2) is 0 Å². The number of ether oxygens (including phenoxy) is 2. The number of rotatable bonds is 3. The highest BCUT2D eigenvalue weighted by Crippen LogP contribution is 2.38. The summed E-state index contributed by atoms with van der Waals surface area (Å²) in [7, 11) is 2.06. The molecule has 0 atom stereocenters. The van der Waals surface area contributed by atoms with E-state index in [2.05, 4.69) is 24.1 Å². The summed E-state index contributed by atoms with van der Waals surface area (Å²) in [4.78, 5) is 2.17. The van der Waals surface area contributed by atoms with Crippen LogP contribution in [0.3, 0.4) is 0 Å². The van der Waals surface area contributed by atoms with Crippen molar-refractivity contribution in [3.63, 3.8) is 0 Å². The third-order valence-corrected chi connectivity index (χ3v) is 3.55. The molecule has 0 fully saturated rings. The van der Waals surface area contributed by atoms with Crippen molar-refractivity contribution in [2.45, 2.75) is 6.54 Å². The molecular weight excluding hydrogens is 274 g/mol. The predicted octanol–water partition coefficient (Wildman–Crippen LogP) is 3.75. The molecule has 0 unspecified atom stereocenters. The Morgan fingerprint density at radius 1 is 1.10 bits per heavy atom. The first-order valence-corrected chi connectivity index (χ1v) is 6.96. The fourth-order valence-electron chi connectivity index (χ4n) is 2.30. The van der Waals surface area contributed by atoms with Crippen molar-refractivity contribution in [2.24, 2.45) is 0 Å². The molecule has 2 aromatic rings. The minimum atomic E-state index is 0.552. The first-order valence-electron chi connectivity index (χ1n) is 6.58. The Hall–Kier alpha value is -1.87. The highest BCUT2D eigenvalue weighted by molar-refractivity contribution is 6.32. The van der Waals surface area contributed by atoms with E-state index in [1.165, 1.54) is 5.69 Å². The van der Waals surface area contributed by atoms with Gasteiger partial charge in [0, 0.05) is 19.3 Å².